The first-order valence-electron chi connectivity index (χ1n) is 7.35. The van der Waals surface area contributed by atoms with Gasteiger partial charge in [-0.15, -0.1) is 0 Å². The molecular weight excluding hydrogens is 255 g/mol. The summed E-state index contributed by atoms with van der Waals surface area (Å²) in [4.78, 5) is 14.3. The number of amides is 1. The lowest BCUT2D eigenvalue weighted by Crippen LogP contribution is -2.32. The molecule has 1 saturated carbocycles. The molecule has 2 fully saturated rings. The molecule has 0 aromatic heterocycles. The van der Waals surface area contributed by atoms with Crippen LogP contribution in [0.15, 0.2) is 18.2 Å². The zero-order chi connectivity index (χ0) is 14.3. The maximum atomic E-state index is 13.6. The van der Waals surface area contributed by atoms with Crippen molar-refractivity contribution < 1.29 is 9.18 Å². The van der Waals surface area contributed by atoms with Crippen LogP contribution in [-0.2, 0) is 0 Å². The van der Waals surface area contributed by atoms with E-state index >= 15 is 0 Å². The van der Waals surface area contributed by atoms with Crippen LogP contribution in [0.3, 0.4) is 0 Å². The highest BCUT2D eigenvalue weighted by Crippen LogP contribution is 2.36. The highest BCUT2D eigenvalue weighted by atomic mass is 19.1. The van der Waals surface area contributed by atoms with Gasteiger partial charge in [-0.2, -0.15) is 0 Å². The normalized spacial score (nSPS) is 29.4. The number of hydrogen-bond acceptors (Lipinski definition) is 2. The molecule has 3 atom stereocenters. The van der Waals surface area contributed by atoms with Crippen LogP contribution in [0.25, 0.3) is 0 Å². The lowest BCUT2D eigenvalue weighted by Gasteiger charge is -2.27. The number of aryl methyl sites for hydroxylation is 1. The van der Waals surface area contributed by atoms with Gasteiger partial charge in [0, 0.05) is 24.7 Å². The Bertz CT molecular complexity index is 531. The van der Waals surface area contributed by atoms with Gasteiger partial charge in [0.1, 0.15) is 5.82 Å². The Hall–Kier alpha value is -1.42. The van der Waals surface area contributed by atoms with Gasteiger partial charge in [-0.1, -0.05) is 6.07 Å². The summed E-state index contributed by atoms with van der Waals surface area (Å²) < 4.78 is 13.6. The number of rotatable bonds is 1. The summed E-state index contributed by atoms with van der Waals surface area (Å²) in [7, 11) is 0. The molecule has 20 heavy (non-hydrogen) atoms. The van der Waals surface area contributed by atoms with E-state index in [9.17, 15) is 9.18 Å². The molecule has 0 spiro atoms. The molecule has 108 valence electrons. The second-order valence-corrected chi connectivity index (χ2v) is 6.27. The number of nitrogens with zero attached hydrogens (tertiary/aromatic N) is 1. The molecule has 1 amide bonds. The minimum atomic E-state index is -0.311. The van der Waals surface area contributed by atoms with Gasteiger partial charge in [-0.05, 0) is 55.7 Å². The number of benzene rings is 1. The summed E-state index contributed by atoms with van der Waals surface area (Å²) >= 11 is 0. The lowest BCUT2D eigenvalue weighted by molar-refractivity contribution is 0.0783. The highest BCUT2D eigenvalue weighted by molar-refractivity contribution is 5.94. The van der Waals surface area contributed by atoms with Crippen LogP contribution in [0.4, 0.5) is 4.39 Å². The molecule has 1 aromatic rings. The first kappa shape index (κ1) is 13.6. The van der Waals surface area contributed by atoms with E-state index in [0.717, 1.165) is 32.4 Å². The molecular formula is C16H21FN2O. The van der Waals surface area contributed by atoms with Crippen molar-refractivity contribution in [2.75, 3.05) is 13.1 Å². The predicted octanol–water partition coefficient (Wildman–Crippen LogP) is 2.33. The zero-order valence-corrected chi connectivity index (χ0v) is 11.8. The molecule has 3 nitrogen and oxygen atoms in total. The fraction of sp³-hybridized carbons (Fsp3) is 0.562. The van der Waals surface area contributed by atoms with E-state index in [2.05, 4.69) is 0 Å². The average molecular weight is 276 g/mol. The third kappa shape index (κ3) is 2.44. The molecule has 2 aliphatic rings. The summed E-state index contributed by atoms with van der Waals surface area (Å²) in [5, 5.41) is 0. The molecule has 1 saturated heterocycles. The van der Waals surface area contributed by atoms with E-state index < -0.39 is 0 Å². The van der Waals surface area contributed by atoms with Gasteiger partial charge in [0.15, 0.2) is 0 Å². The number of fused-ring (bicyclic) bond motifs is 1. The molecule has 0 radical (unpaired) electrons. The number of halogens is 1. The molecule has 1 aliphatic heterocycles. The first-order valence-corrected chi connectivity index (χ1v) is 7.35. The molecule has 1 unspecified atom stereocenters. The van der Waals surface area contributed by atoms with Gasteiger partial charge in [0.25, 0.3) is 5.91 Å². The third-order valence-corrected chi connectivity index (χ3v) is 4.80. The van der Waals surface area contributed by atoms with Crippen LogP contribution in [0, 0.1) is 24.6 Å². The molecule has 1 aromatic carbocycles. The standard InChI is InChI=1S/C16H21FN2O/c1-10-2-3-11(7-15(10)17)16(20)19-8-12-4-5-14(18)6-13(12)9-19/h2-3,7,12-14H,4-6,8-9,18H2,1H3/t12-,13+,14?/m1/s1. The van der Waals surface area contributed by atoms with Gasteiger partial charge in [0.2, 0.25) is 0 Å². The van der Waals surface area contributed by atoms with E-state index in [1.807, 2.05) is 4.90 Å². The summed E-state index contributed by atoms with van der Waals surface area (Å²) in [6, 6.07) is 5.02. The van der Waals surface area contributed by atoms with Crippen LogP contribution in [-0.4, -0.2) is 29.9 Å². The van der Waals surface area contributed by atoms with Crippen LogP contribution in [0.1, 0.15) is 35.2 Å². The Kier molecular flexibility index (Phi) is 3.50. The Morgan fingerprint density at radius 3 is 2.80 bits per heavy atom. The van der Waals surface area contributed by atoms with E-state index in [-0.39, 0.29) is 17.8 Å². The van der Waals surface area contributed by atoms with Crippen molar-refractivity contribution in [3.63, 3.8) is 0 Å². The Balaban J connectivity index is 1.73. The largest absolute Gasteiger partial charge is 0.338 e. The quantitative estimate of drug-likeness (QED) is 0.855. The third-order valence-electron chi connectivity index (χ3n) is 4.80. The summed E-state index contributed by atoms with van der Waals surface area (Å²) in [5.74, 6) is 0.744. The number of likely N-dealkylation sites (tertiary alicyclic amines) is 1. The summed E-state index contributed by atoms with van der Waals surface area (Å²) in [6.45, 7) is 3.27. The first-order chi connectivity index (χ1) is 9.54. The van der Waals surface area contributed by atoms with Crippen molar-refractivity contribution in [3.05, 3.63) is 35.1 Å². The fourth-order valence-electron chi connectivity index (χ4n) is 3.54. The Labute approximate surface area is 118 Å². The number of carbonyl (C=O) groups excluding carboxylic acids is 1. The highest BCUT2D eigenvalue weighted by Gasteiger charge is 2.38. The molecule has 1 aliphatic carbocycles. The van der Waals surface area contributed by atoms with Crippen molar-refractivity contribution in [2.24, 2.45) is 17.6 Å². The topological polar surface area (TPSA) is 46.3 Å². The van der Waals surface area contributed by atoms with Crippen molar-refractivity contribution in [2.45, 2.75) is 32.2 Å². The smallest absolute Gasteiger partial charge is 0.253 e. The molecule has 4 heteroatoms. The molecule has 0 bridgehead atoms. The second kappa shape index (κ2) is 5.17. The average Bonchev–Trinajstić information content (AvgIpc) is 2.84. The van der Waals surface area contributed by atoms with E-state index in [1.165, 1.54) is 6.07 Å². The second-order valence-electron chi connectivity index (χ2n) is 6.27. The maximum Gasteiger partial charge on any atom is 0.253 e. The van der Waals surface area contributed by atoms with Crippen molar-refractivity contribution in [1.82, 2.24) is 4.90 Å². The van der Waals surface area contributed by atoms with E-state index in [4.69, 9.17) is 5.73 Å². The molecule has 2 N–H and O–H groups in total. The van der Waals surface area contributed by atoms with Crippen LogP contribution in [0.2, 0.25) is 0 Å². The number of hydrogen-bond donors (Lipinski definition) is 1. The van der Waals surface area contributed by atoms with Crippen LogP contribution in [0.5, 0.6) is 0 Å². The van der Waals surface area contributed by atoms with Gasteiger partial charge < -0.3 is 10.6 Å². The lowest BCUT2D eigenvalue weighted by atomic mass is 9.79. The van der Waals surface area contributed by atoms with Crippen LogP contribution < -0.4 is 5.73 Å². The van der Waals surface area contributed by atoms with Gasteiger partial charge in [0.05, 0.1) is 0 Å². The van der Waals surface area contributed by atoms with Gasteiger partial charge in [-0.3, -0.25) is 4.79 Å². The minimum Gasteiger partial charge on any atom is -0.338 e. The van der Waals surface area contributed by atoms with E-state index in [0.29, 0.717) is 23.0 Å². The Morgan fingerprint density at radius 2 is 2.05 bits per heavy atom. The van der Waals surface area contributed by atoms with Crippen molar-refractivity contribution in [1.29, 1.82) is 0 Å². The minimum absolute atomic E-state index is 0.0492. The fourth-order valence-corrected chi connectivity index (χ4v) is 3.54. The maximum absolute atomic E-state index is 13.6. The summed E-state index contributed by atoms with van der Waals surface area (Å²) in [5.41, 5.74) is 7.03. The summed E-state index contributed by atoms with van der Waals surface area (Å²) in [6.07, 6.45) is 3.18. The predicted molar refractivity (Wildman–Crippen MR) is 75.8 cm³/mol. The van der Waals surface area contributed by atoms with E-state index in [1.54, 1.807) is 19.1 Å². The number of carbonyl (C=O) groups is 1. The monoisotopic (exact) mass is 276 g/mol. The zero-order valence-electron chi connectivity index (χ0n) is 11.8. The Morgan fingerprint density at radius 1 is 1.30 bits per heavy atom. The molecule has 1 heterocycles. The van der Waals surface area contributed by atoms with Gasteiger partial charge in [-0.25, -0.2) is 4.39 Å². The van der Waals surface area contributed by atoms with Crippen molar-refractivity contribution in [3.8, 4) is 0 Å². The number of nitrogens with two attached hydrogens (primary N) is 1. The van der Waals surface area contributed by atoms with Gasteiger partial charge >= 0.3 is 0 Å². The van der Waals surface area contributed by atoms with Crippen LogP contribution >= 0.6 is 0 Å². The SMILES string of the molecule is Cc1ccc(C(=O)N2C[C@H]3CCC(N)C[C@H]3C2)cc1F. The molecule has 3 rings (SSSR count). The van der Waals surface area contributed by atoms with Crippen molar-refractivity contribution >= 4 is 5.91 Å².